The summed E-state index contributed by atoms with van der Waals surface area (Å²) >= 11 is 0. The molecule has 5 heteroatoms. The third kappa shape index (κ3) is 5.30. The van der Waals surface area contributed by atoms with Crippen LogP contribution < -0.4 is 5.32 Å². The first-order valence-electron chi connectivity index (χ1n) is 6.97. The van der Waals surface area contributed by atoms with Crippen LogP contribution in [0.3, 0.4) is 0 Å². The SMILES string of the molecule is CC(C)(C)OC(=O)Nc1ccc(CCn2ccnc2)cc1. The number of ether oxygens (including phenoxy) is 1. The zero-order chi connectivity index (χ0) is 15.3. The van der Waals surface area contributed by atoms with Gasteiger partial charge in [-0.25, -0.2) is 9.78 Å². The highest BCUT2D eigenvalue weighted by Crippen LogP contribution is 2.13. The first-order chi connectivity index (χ1) is 9.92. The summed E-state index contributed by atoms with van der Waals surface area (Å²) < 4.78 is 7.24. The Morgan fingerprint density at radius 1 is 1.29 bits per heavy atom. The number of carbonyl (C=O) groups is 1. The molecule has 0 saturated carbocycles. The smallest absolute Gasteiger partial charge is 0.412 e. The number of amides is 1. The predicted molar refractivity (Wildman–Crippen MR) is 82.2 cm³/mol. The fraction of sp³-hybridized carbons (Fsp3) is 0.375. The van der Waals surface area contributed by atoms with Crippen LogP contribution in [0.4, 0.5) is 10.5 Å². The number of imidazole rings is 1. The molecule has 1 aromatic heterocycles. The van der Waals surface area contributed by atoms with E-state index in [9.17, 15) is 4.79 Å². The van der Waals surface area contributed by atoms with Gasteiger partial charge in [0.15, 0.2) is 0 Å². The van der Waals surface area contributed by atoms with E-state index in [0.29, 0.717) is 0 Å². The van der Waals surface area contributed by atoms with Crippen molar-refractivity contribution in [2.75, 3.05) is 5.32 Å². The van der Waals surface area contributed by atoms with Crippen molar-refractivity contribution in [1.29, 1.82) is 0 Å². The molecule has 5 nitrogen and oxygen atoms in total. The fourth-order valence-corrected chi connectivity index (χ4v) is 1.85. The fourth-order valence-electron chi connectivity index (χ4n) is 1.85. The van der Waals surface area contributed by atoms with Gasteiger partial charge in [0.05, 0.1) is 6.33 Å². The number of rotatable bonds is 4. The summed E-state index contributed by atoms with van der Waals surface area (Å²) in [6, 6.07) is 7.77. The van der Waals surface area contributed by atoms with Crippen LogP contribution in [0, 0.1) is 0 Å². The molecule has 1 heterocycles. The van der Waals surface area contributed by atoms with E-state index in [1.54, 1.807) is 12.5 Å². The van der Waals surface area contributed by atoms with Crippen LogP contribution in [0.25, 0.3) is 0 Å². The first-order valence-corrected chi connectivity index (χ1v) is 6.97. The monoisotopic (exact) mass is 287 g/mol. The second-order valence-electron chi connectivity index (χ2n) is 5.87. The van der Waals surface area contributed by atoms with Crippen LogP contribution in [-0.2, 0) is 17.7 Å². The summed E-state index contributed by atoms with van der Waals surface area (Å²) in [6.07, 6.45) is 6.00. The van der Waals surface area contributed by atoms with Crippen LogP contribution in [-0.4, -0.2) is 21.2 Å². The number of hydrogen-bond donors (Lipinski definition) is 1. The summed E-state index contributed by atoms with van der Waals surface area (Å²) in [5, 5.41) is 2.72. The Labute approximate surface area is 125 Å². The van der Waals surface area contributed by atoms with Crippen LogP contribution >= 0.6 is 0 Å². The molecule has 0 aliphatic rings. The Morgan fingerprint density at radius 3 is 2.57 bits per heavy atom. The second kappa shape index (κ2) is 6.43. The van der Waals surface area contributed by atoms with Gasteiger partial charge in [-0.05, 0) is 44.9 Å². The molecular formula is C16H21N3O2. The van der Waals surface area contributed by atoms with Crippen molar-refractivity contribution in [3.63, 3.8) is 0 Å². The molecular weight excluding hydrogens is 266 g/mol. The largest absolute Gasteiger partial charge is 0.444 e. The van der Waals surface area contributed by atoms with E-state index in [-0.39, 0.29) is 0 Å². The van der Waals surface area contributed by atoms with Crippen molar-refractivity contribution in [2.24, 2.45) is 0 Å². The lowest BCUT2D eigenvalue weighted by atomic mass is 10.1. The summed E-state index contributed by atoms with van der Waals surface area (Å²) in [7, 11) is 0. The normalized spacial score (nSPS) is 11.2. The third-order valence-electron chi connectivity index (χ3n) is 2.82. The Balaban J connectivity index is 1.85. The molecule has 0 saturated heterocycles. The molecule has 0 radical (unpaired) electrons. The van der Waals surface area contributed by atoms with Crippen molar-refractivity contribution < 1.29 is 9.53 Å². The maximum Gasteiger partial charge on any atom is 0.412 e. The molecule has 2 aromatic rings. The summed E-state index contributed by atoms with van der Waals surface area (Å²) in [4.78, 5) is 15.7. The molecule has 0 aliphatic carbocycles. The van der Waals surface area contributed by atoms with Gasteiger partial charge in [-0.15, -0.1) is 0 Å². The van der Waals surface area contributed by atoms with Crippen molar-refractivity contribution in [1.82, 2.24) is 9.55 Å². The van der Waals surface area contributed by atoms with Crippen molar-refractivity contribution in [2.45, 2.75) is 39.3 Å². The molecule has 112 valence electrons. The molecule has 1 amide bonds. The molecule has 0 unspecified atom stereocenters. The number of nitrogens with one attached hydrogen (secondary N) is 1. The predicted octanol–water partition coefficient (Wildman–Crippen LogP) is 3.47. The molecule has 0 bridgehead atoms. The molecule has 0 aliphatic heterocycles. The average molecular weight is 287 g/mol. The Hall–Kier alpha value is -2.30. The van der Waals surface area contributed by atoms with E-state index in [1.807, 2.05) is 55.8 Å². The number of benzene rings is 1. The average Bonchev–Trinajstić information content (AvgIpc) is 2.89. The van der Waals surface area contributed by atoms with Crippen molar-refractivity contribution in [3.8, 4) is 0 Å². The molecule has 2 rings (SSSR count). The maximum absolute atomic E-state index is 11.7. The lowest BCUT2D eigenvalue weighted by molar-refractivity contribution is 0.0636. The minimum atomic E-state index is -0.491. The van der Waals surface area contributed by atoms with Crippen LogP contribution in [0.2, 0.25) is 0 Å². The van der Waals surface area contributed by atoms with Gasteiger partial charge < -0.3 is 9.30 Å². The van der Waals surface area contributed by atoms with E-state index in [4.69, 9.17) is 4.74 Å². The quantitative estimate of drug-likeness (QED) is 0.936. The van der Waals surface area contributed by atoms with E-state index in [0.717, 1.165) is 18.7 Å². The Morgan fingerprint density at radius 2 is 2.00 bits per heavy atom. The van der Waals surface area contributed by atoms with Crippen molar-refractivity contribution >= 4 is 11.8 Å². The highest BCUT2D eigenvalue weighted by molar-refractivity contribution is 5.84. The van der Waals surface area contributed by atoms with Gasteiger partial charge in [-0.3, -0.25) is 5.32 Å². The highest BCUT2D eigenvalue weighted by atomic mass is 16.6. The van der Waals surface area contributed by atoms with Gasteiger partial charge in [0, 0.05) is 24.6 Å². The summed E-state index contributed by atoms with van der Waals surface area (Å²) in [6.45, 7) is 6.40. The number of nitrogens with zero attached hydrogens (tertiary/aromatic N) is 2. The van der Waals surface area contributed by atoms with Crippen LogP contribution in [0.5, 0.6) is 0 Å². The minimum Gasteiger partial charge on any atom is -0.444 e. The number of carbonyl (C=O) groups excluding carboxylic acids is 1. The number of hydrogen-bond acceptors (Lipinski definition) is 3. The van der Waals surface area contributed by atoms with Gasteiger partial charge in [0.1, 0.15) is 5.60 Å². The van der Waals surface area contributed by atoms with Gasteiger partial charge in [-0.1, -0.05) is 12.1 Å². The third-order valence-corrected chi connectivity index (χ3v) is 2.82. The lowest BCUT2D eigenvalue weighted by Crippen LogP contribution is -2.27. The zero-order valence-electron chi connectivity index (χ0n) is 12.7. The molecule has 21 heavy (non-hydrogen) atoms. The van der Waals surface area contributed by atoms with Gasteiger partial charge in [0.2, 0.25) is 0 Å². The molecule has 1 aromatic carbocycles. The van der Waals surface area contributed by atoms with E-state index >= 15 is 0 Å². The van der Waals surface area contributed by atoms with Crippen LogP contribution in [0.15, 0.2) is 43.0 Å². The maximum atomic E-state index is 11.7. The highest BCUT2D eigenvalue weighted by Gasteiger charge is 2.15. The lowest BCUT2D eigenvalue weighted by Gasteiger charge is -2.19. The Kier molecular flexibility index (Phi) is 4.62. The molecule has 1 N–H and O–H groups in total. The van der Waals surface area contributed by atoms with E-state index < -0.39 is 11.7 Å². The van der Waals surface area contributed by atoms with Gasteiger partial charge in [0.25, 0.3) is 0 Å². The van der Waals surface area contributed by atoms with Crippen LogP contribution in [0.1, 0.15) is 26.3 Å². The number of aryl methyl sites for hydroxylation is 2. The topological polar surface area (TPSA) is 56.1 Å². The number of anilines is 1. The van der Waals surface area contributed by atoms with Gasteiger partial charge in [-0.2, -0.15) is 0 Å². The second-order valence-corrected chi connectivity index (χ2v) is 5.87. The standard InChI is InChI=1S/C16H21N3O2/c1-16(2,3)21-15(20)18-14-6-4-13(5-7-14)8-10-19-11-9-17-12-19/h4-7,9,11-12H,8,10H2,1-3H3,(H,18,20). The summed E-state index contributed by atoms with van der Waals surface area (Å²) in [5.74, 6) is 0. The molecule has 0 atom stereocenters. The van der Waals surface area contributed by atoms with E-state index in [2.05, 4.69) is 10.3 Å². The van der Waals surface area contributed by atoms with Crippen molar-refractivity contribution in [3.05, 3.63) is 48.5 Å². The zero-order valence-corrected chi connectivity index (χ0v) is 12.7. The molecule has 0 spiro atoms. The Bertz CT molecular complexity index is 569. The van der Waals surface area contributed by atoms with E-state index in [1.165, 1.54) is 5.56 Å². The molecule has 0 fully saturated rings. The minimum absolute atomic E-state index is 0.436. The number of aromatic nitrogens is 2. The first kappa shape index (κ1) is 15.1. The summed E-state index contributed by atoms with van der Waals surface area (Å²) in [5.41, 5.74) is 1.45. The van der Waals surface area contributed by atoms with Gasteiger partial charge >= 0.3 is 6.09 Å².